The first-order valence-electron chi connectivity index (χ1n) is 12.1. The van der Waals surface area contributed by atoms with Gasteiger partial charge in [-0.1, -0.05) is 6.07 Å². The van der Waals surface area contributed by atoms with Gasteiger partial charge >= 0.3 is 12.1 Å². The highest BCUT2D eigenvalue weighted by Crippen LogP contribution is 2.34. The lowest BCUT2D eigenvalue weighted by Crippen LogP contribution is -2.44. The Balaban J connectivity index is 1.29. The number of alkyl carbamates (subject to hydrolysis) is 1. The zero-order chi connectivity index (χ0) is 24.5. The van der Waals surface area contributed by atoms with Crippen molar-refractivity contribution in [1.82, 2.24) is 15.6 Å². The number of carbonyl (C=O) groups excluding carboxylic acids is 2. The lowest BCUT2D eigenvalue weighted by molar-refractivity contribution is -0.140. The molecule has 4 N–H and O–H groups in total. The van der Waals surface area contributed by atoms with Crippen molar-refractivity contribution in [2.45, 2.75) is 77.0 Å². The topological polar surface area (TPSA) is 139 Å². The number of anilines is 1. The van der Waals surface area contributed by atoms with Crippen LogP contribution in [0.5, 0.6) is 0 Å². The maximum Gasteiger partial charge on any atom is 0.408 e. The van der Waals surface area contributed by atoms with Crippen LogP contribution in [0.1, 0.15) is 57.2 Å². The number of rotatable bonds is 12. The summed E-state index contributed by atoms with van der Waals surface area (Å²) < 4.78 is 10.9. The van der Waals surface area contributed by atoms with Crippen LogP contribution < -0.4 is 16.0 Å². The van der Waals surface area contributed by atoms with Gasteiger partial charge in [-0.2, -0.15) is 0 Å². The molecule has 1 aromatic rings. The number of fused-ring (bicyclic) bond motifs is 1. The average molecular weight is 477 g/mol. The van der Waals surface area contributed by atoms with Gasteiger partial charge in [-0.05, 0) is 63.0 Å². The van der Waals surface area contributed by atoms with Crippen molar-refractivity contribution >= 4 is 23.8 Å². The zero-order valence-corrected chi connectivity index (χ0v) is 20.0. The molecule has 0 aromatic carbocycles. The molecule has 34 heavy (non-hydrogen) atoms. The smallest absolute Gasteiger partial charge is 0.408 e. The van der Waals surface area contributed by atoms with Gasteiger partial charge in [0.2, 0.25) is 5.91 Å². The molecule has 1 unspecified atom stereocenters. The predicted octanol–water partition coefficient (Wildman–Crippen LogP) is 2.26. The van der Waals surface area contributed by atoms with E-state index in [4.69, 9.17) is 14.5 Å². The second-order valence-corrected chi connectivity index (χ2v) is 9.19. The summed E-state index contributed by atoms with van der Waals surface area (Å²) in [7, 11) is 0. The second-order valence-electron chi connectivity index (χ2n) is 9.19. The lowest BCUT2D eigenvalue weighted by atomic mass is 9.79. The minimum absolute atomic E-state index is 0.127. The maximum atomic E-state index is 11.9. The molecule has 1 saturated carbocycles. The van der Waals surface area contributed by atoms with Crippen molar-refractivity contribution in [3.8, 4) is 0 Å². The molecule has 1 aliphatic carbocycles. The van der Waals surface area contributed by atoms with E-state index in [1.165, 1.54) is 12.5 Å². The van der Waals surface area contributed by atoms with E-state index in [1.54, 1.807) is 6.92 Å². The number of carboxylic acid groups (broad SMARTS) is 1. The summed E-state index contributed by atoms with van der Waals surface area (Å²) in [4.78, 5) is 39.0. The van der Waals surface area contributed by atoms with Crippen LogP contribution in [0.25, 0.3) is 0 Å². The summed E-state index contributed by atoms with van der Waals surface area (Å²) in [5, 5.41) is 17.6. The third kappa shape index (κ3) is 8.16. The molecule has 0 saturated heterocycles. The summed E-state index contributed by atoms with van der Waals surface area (Å²) >= 11 is 0. The molecule has 2 atom stereocenters. The summed E-state index contributed by atoms with van der Waals surface area (Å²) in [5.74, 6) is 0.242. The first-order valence-corrected chi connectivity index (χ1v) is 12.1. The Hall–Kier alpha value is -2.88. The van der Waals surface area contributed by atoms with Crippen molar-refractivity contribution in [3.63, 3.8) is 0 Å². The van der Waals surface area contributed by atoms with Crippen LogP contribution in [0.3, 0.4) is 0 Å². The minimum atomic E-state index is -1.14. The number of nitrogens with zero attached hydrogens (tertiary/aromatic N) is 1. The van der Waals surface area contributed by atoms with Crippen molar-refractivity contribution in [3.05, 3.63) is 23.4 Å². The molecule has 3 rings (SSSR count). The van der Waals surface area contributed by atoms with E-state index in [9.17, 15) is 19.5 Å². The minimum Gasteiger partial charge on any atom is -0.480 e. The number of aromatic nitrogens is 1. The number of amides is 2. The Morgan fingerprint density at radius 1 is 1.29 bits per heavy atom. The van der Waals surface area contributed by atoms with Crippen molar-refractivity contribution in [1.29, 1.82) is 0 Å². The van der Waals surface area contributed by atoms with Gasteiger partial charge in [0.05, 0.1) is 12.6 Å². The zero-order valence-electron chi connectivity index (χ0n) is 20.0. The standard InChI is InChI=1S/C24H36N4O6/c1-15(14-26-16(2)29)34-24(32)28-21(23(30)31)9-11-33-20-12-17(13-20)5-7-19-8-6-18-4-3-10-25-22(18)27-19/h6,8,15,17,20-21H,3-5,7,9-14H2,1-2H3,(H,25,27)(H,26,29)(H,28,32)(H,30,31)/t15?,17?,20?,21-/m0/s1. The second kappa shape index (κ2) is 12.5. The molecule has 1 aliphatic heterocycles. The van der Waals surface area contributed by atoms with Gasteiger partial charge in [-0.3, -0.25) is 4.79 Å². The van der Waals surface area contributed by atoms with Crippen LogP contribution in [0, 0.1) is 5.92 Å². The molecule has 0 bridgehead atoms. The fraction of sp³-hybridized carbons (Fsp3) is 0.667. The molecule has 0 radical (unpaired) electrons. The molecular weight excluding hydrogens is 440 g/mol. The molecule has 188 valence electrons. The molecule has 10 heteroatoms. The highest BCUT2D eigenvalue weighted by atomic mass is 16.6. The van der Waals surface area contributed by atoms with Gasteiger partial charge in [0.25, 0.3) is 0 Å². The monoisotopic (exact) mass is 476 g/mol. The highest BCUT2D eigenvalue weighted by Gasteiger charge is 2.30. The molecular formula is C24H36N4O6. The molecule has 2 heterocycles. The van der Waals surface area contributed by atoms with E-state index in [0.717, 1.165) is 56.6 Å². The number of carboxylic acids is 1. The largest absolute Gasteiger partial charge is 0.480 e. The van der Waals surface area contributed by atoms with E-state index < -0.39 is 24.2 Å². The van der Waals surface area contributed by atoms with Crippen LogP contribution in [-0.2, 0) is 31.9 Å². The fourth-order valence-corrected chi connectivity index (χ4v) is 4.20. The Morgan fingerprint density at radius 3 is 2.82 bits per heavy atom. The molecule has 1 aromatic heterocycles. The summed E-state index contributed by atoms with van der Waals surface area (Å²) in [6.07, 6.45) is 5.04. The van der Waals surface area contributed by atoms with Crippen molar-refractivity contribution in [2.24, 2.45) is 5.92 Å². The van der Waals surface area contributed by atoms with Crippen LogP contribution in [0.15, 0.2) is 12.1 Å². The molecule has 2 aliphatic rings. The van der Waals surface area contributed by atoms with Gasteiger partial charge < -0.3 is 30.5 Å². The Labute approximate surface area is 200 Å². The Kier molecular flexibility index (Phi) is 9.50. The number of pyridine rings is 1. The first-order chi connectivity index (χ1) is 16.3. The van der Waals surface area contributed by atoms with Crippen LogP contribution in [0.4, 0.5) is 10.6 Å². The van der Waals surface area contributed by atoms with Crippen LogP contribution in [0.2, 0.25) is 0 Å². The highest BCUT2D eigenvalue weighted by molar-refractivity contribution is 5.80. The van der Waals surface area contributed by atoms with E-state index in [0.29, 0.717) is 5.92 Å². The van der Waals surface area contributed by atoms with Crippen LogP contribution >= 0.6 is 0 Å². The predicted molar refractivity (Wildman–Crippen MR) is 126 cm³/mol. The number of carbonyl (C=O) groups is 3. The molecule has 10 nitrogen and oxygen atoms in total. The SMILES string of the molecule is CC(=O)NCC(C)OC(=O)N[C@@H](CCOC1CC(CCc2ccc3c(n2)NCCC3)C1)C(=O)O. The fourth-order valence-electron chi connectivity index (χ4n) is 4.20. The van der Waals surface area contributed by atoms with Gasteiger partial charge in [0.15, 0.2) is 0 Å². The van der Waals surface area contributed by atoms with Gasteiger partial charge in [-0.15, -0.1) is 0 Å². The van der Waals surface area contributed by atoms with E-state index in [1.807, 2.05) is 0 Å². The average Bonchev–Trinajstić information content (AvgIpc) is 2.77. The third-order valence-electron chi connectivity index (χ3n) is 6.25. The van der Waals surface area contributed by atoms with Gasteiger partial charge in [0.1, 0.15) is 18.0 Å². The molecule has 1 fully saturated rings. The van der Waals surface area contributed by atoms with Crippen molar-refractivity contribution in [2.75, 3.05) is 25.0 Å². The number of hydrogen-bond donors (Lipinski definition) is 4. The van der Waals surface area contributed by atoms with Gasteiger partial charge in [-0.25, -0.2) is 14.6 Å². The molecule has 2 amide bonds. The van der Waals surface area contributed by atoms with E-state index in [-0.39, 0.29) is 31.6 Å². The number of hydrogen-bond acceptors (Lipinski definition) is 7. The number of aliphatic carboxylic acids is 1. The Morgan fingerprint density at radius 2 is 2.09 bits per heavy atom. The number of nitrogens with one attached hydrogen (secondary N) is 3. The quantitative estimate of drug-likeness (QED) is 0.360. The molecule has 0 spiro atoms. The van der Waals surface area contributed by atoms with Crippen molar-refractivity contribution < 1.29 is 29.0 Å². The normalized spacial score (nSPS) is 20.6. The Bertz CT molecular complexity index is 858. The summed E-state index contributed by atoms with van der Waals surface area (Å²) in [6, 6.07) is 3.21. The van der Waals surface area contributed by atoms with E-state index in [2.05, 4.69) is 28.1 Å². The lowest BCUT2D eigenvalue weighted by Gasteiger charge is -2.35. The maximum absolute atomic E-state index is 11.9. The summed E-state index contributed by atoms with van der Waals surface area (Å²) in [6.45, 7) is 4.36. The van der Waals surface area contributed by atoms with E-state index >= 15 is 0 Å². The third-order valence-corrected chi connectivity index (χ3v) is 6.25. The first kappa shape index (κ1) is 25.7. The number of aryl methyl sites for hydroxylation is 2. The number of ether oxygens (including phenoxy) is 2. The van der Waals surface area contributed by atoms with Crippen LogP contribution in [-0.4, -0.2) is 66.0 Å². The summed E-state index contributed by atoms with van der Waals surface area (Å²) in [5.41, 5.74) is 2.42. The van der Waals surface area contributed by atoms with Gasteiger partial charge in [0, 0.05) is 32.2 Å².